The summed E-state index contributed by atoms with van der Waals surface area (Å²) in [6.45, 7) is 1.55. The second-order valence-corrected chi connectivity index (χ2v) is 12.0. The lowest BCUT2D eigenvalue weighted by atomic mass is 10.1. The minimum absolute atomic E-state index is 0.0276. The third-order valence-electron chi connectivity index (χ3n) is 5.93. The lowest BCUT2D eigenvalue weighted by Gasteiger charge is -2.23. The van der Waals surface area contributed by atoms with Crippen LogP contribution in [-0.4, -0.2) is 37.3 Å². The molecule has 0 saturated heterocycles. The average molecular weight is 642 g/mol. The number of anilines is 2. The Morgan fingerprint density at radius 2 is 1.97 bits per heavy atom. The Kier molecular flexibility index (Phi) is 7.99. The van der Waals surface area contributed by atoms with Gasteiger partial charge in [-0.2, -0.15) is 4.31 Å². The summed E-state index contributed by atoms with van der Waals surface area (Å²) in [5.41, 5.74) is 5.91. The van der Waals surface area contributed by atoms with Crippen LogP contribution in [0.15, 0.2) is 47.5 Å². The standard InChI is InChI=1S/C25H25F2IN4O4S/c1-14-11-16(28)8-9-18(14)31-22-19(25(29)33)23(36-13-15-6-7-15)24(21(27)20(22)26)37(34,35)32(2)12-17-5-3-4-10-30-17/h3-5,8-11,15,31H,6-7,12-13H2,1-2H3,(H2,29,33). The number of pyridine rings is 1. The molecule has 1 aromatic heterocycles. The van der Waals surface area contributed by atoms with E-state index in [1.54, 1.807) is 43.3 Å². The summed E-state index contributed by atoms with van der Waals surface area (Å²) in [6.07, 6.45) is 3.16. The maximum absolute atomic E-state index is 15.7. The Hall–Kier alpha value is -2.84. The lowest BCUT2D eigenvalue weighted by molar-refractivity contribution is 0.0995. The van der Waals surface area contributed by atoms with E-state index in [1.807, 2.05) is 0 Å². The molecule has 0 spiro atoms. The summed E-state index contributed by atoms with van der Waals surface area (Å²) < 4.78 is 65.9. The molecule has 3 aromatic rings. The van der Waals surface area contributed by atoms with Gasteiger partial charge < -0.3 is 15.8 Å². The molecule has 1 heterocycles. The summed E-state index contributed by atoms with van der Waals surface area (Å²) >= 11 is 2.11. The number of primary amides is 1. The zero-order valence-corrected chi connectivity index (χ0v) is 23.1. The fourth-order valence-electron chi connectivity index (χ4n) is 3.71. The summed E-state index contributed by atoms with van der Waals surface area (Å²) in [4.78, 5) is 15.6. The Balaban J connectivity index is 1.88. The molecule has 1 saturated carbocycles. The van der Waals surface area contributed by atoms with Gasteiger partial charge in [0.1, 0.15) is 5.56 Å². The van der Waals surface area contributed by atoms with E-state index >= 15 is 8.78 Å². The molecule has 1 aliphatic rings. The van der Waals surface area contributed by atoms with Crippen LogP contribution in [0.1, 0.15) is 34.5 Å². The van der Waals surface area contributed by atoms with E-state index in [4.69, 9.17) is 10.5 Å². The van der Waals surface area contributed by atoms with E-state index in [1.165, 1.54) is 13.2 Å². The molecule has 2 aromatic carbocycles. The number of nitrogens with zero attached hydrogens (tertiary/aromatic N) is 2. The summed E-state index contributed by atoms with van der Waals surface area (Å²) in [6, 6.07) is 10.1. The van der Waals surface area contributed by atoms with Crippen molar-refractivity contribution in [1.29, 1.82) is 0 Å². The second-order valence-electron chi connectivity index (χ2n) is 8.82. The van der Waals surface area contributed by atoms with Crippen molar-refractivity contribution in [3.8, 4) is 5.75 Å². The van der Waals surface area contributed by atoms with Crippen molar-refractivity contribution < 1.29 is 26.7 Å². The third-order valence-corrected chi connectivity index (χ3v) is 8.43. The van der Waals surface area contributed by atoms with E-state index in [9.17, 15) is 13.2 Å². The van der Waals surface area contributed by atoms with Gasteiger partial charge in [0.2, 0.25) is 10.0 Å². The fourth-order valence-corrected chi connectivity index (χ4v) is 5.69. The molecule has 0 aliphatic heterocycles. The zero-order valence-electron chi connectivity index (χ0n) is 20.1. The predicted octanol–water partition coefficient (Wildman–Crippen LogP) is 4.72. The largest absolute Gasteiger partial charge is 0.491 e. The van der Waals surface area contributed by atoms with Crippen molar-refractivity contribution in [2.45, 2.75) is 31.2 Å². The van der Waals surface area contributed by atoms with Gasteiger partial charge in [0.05, 0.1) is 24.5 Å². The van der Waals surface area contributed by atoms with Gasteiger partial charge in [-0.05, 0) is 84.2 Å². The van der Waals surface area contributed by atoms with Gasteiger partial charge in [0.25, 0.3) is 5.91 Å². The molecule has 0 atom stereocenters. The first kappa shape index (κ1) is 27.2. The molecule has 12 heteroatoms. The molecule has 0 radical (unpaired) electrons. The summed E-state index contributed by atoms with van der Waals surface area (Å²) in [5, 5.41) is 2.73. The van der Waals surface area contributed by atoms with E-state index in [0.29, 0.717) is 16.9 Å². The van der Waals surface area contributed by atoms with Crippen LogP contribution in [0.4, 0.5) is 20.2 Å². The maximum atomic E-state index is 15.7. The van der Waals surface area contributed by atoms with Crippen LogP contribution in [0.25, 0.3) is 0 Å². The highest BCUT2D eigenvalue weighted by atomic mass is 127. The Bertz CT molecular complexity index is 1450. The number of nitrogens with two attached hydrogens (primary N) is 1. The maximum Gasteiger partial charge on any atom is 0.254 e. The number of rotatable bonds is 10. The molecule has 37 heavy (non-hydrogen) atoms. The summed E-state index contributed by atoms with van der Waals surface area (Å²) in [7, 11) is -3.49. The smallest absolute Gasteiger partial charge is 0.254 e. The number of aromatic nitrogens is 1. The third kappa shape index (κ3) is 5.85. The molecule has 1 aliphatic carbocycles. The van der Waals surface area contributed by atoms with Crippen LogP contribution in [0.5, 0.6) is 5.75 Å². The number of hydrogen-bond acceptors (Lipinski definition) is 6. The minimum Gasteiger partial charge on any atom is -0.491 e. The molecule has 196 valence electrons. The number of halogens is 3. The molecule has 3 N–H and O–H groups in total. The van der Waals surface area contributed by atoms with Gasteiger partial charge in [0.15, 0.2) is 22.3 Å². The van der Waals surface area contributed by atoms with Crippen LogP contribution in [0.3, 0.4) is 0 Å². The van der Waals surface area contributed by atoms with Crippen LogP contribution >= 0.6 is 22.6 Å². The molecule has 8 nitrogen and oxygen atoms in total. The van der Waals surface area contributed by atoms with E-state index < -0.39 is 49.5 Å². The van der Waals surface area contributed by atoms with E-state index in [-0.39, 0.29) is 19.1 Å². The molecule has 1 fully saturated rings. The number of carbonyl (C=O) groups is 1. The lowest BCUT2D eigenvalue weighted by Crippen LogP contribution is -2.30. The van der Waals surface area contributed by atoms with Crippen molar-refractivity contribution in [3.63, 3.8) is 0 Å². The molecule has 0 bridgehead atoms. The van der Waals surface area contributed by atoms with Gasteiger partial charge in [-0.15, -0.1) is 0 Å². The Morgan fingerprint density at radius 3 is 2.57 bits per heavy atom. The topological polar surface area (TPSA) is 115 Å². The Morgan fingerprint density at radius 1 is 1.24 bits per heavy atom. The number of hydrogen-bond donors (Lipinski definition) is 2. The van der Waals surface area contributed by atoms with E-state index in [2.05, 4.69) is 32.9 Å². The van der Waals surface area contributed by atoms with Crippen LogP contribution < -0.4 is 15.8 Å². The normalized spacial score (nSPS) is 13.6. The molecule has 0 unspecified atom stereocenters. The molecular formula is C25H25F2IN4O4S. The number of amides is 1. The van der Waals surface area contributed by atoms with Crippen LogP contribution in [0, 0.1) is 28.0 Å². The highest BCUT2D eigenvalue weighted by Crippen LogP contribution is 2.42. The highest BCUT2D eigenvalue weighted by molar-refractivity contribution is 14.1. The first-order valence-electron chi connectivity index (χ1n) is 11.4. The monoisotopic (exact) mass is 642 g/mol. The van der Waals surface area contributed by atoms with E-state index in [0.717, 1.165) is 20.7 Å². The van der Waals surface area contributed by atoms with Crippen molar-refractivity contribution in [2.24, 2.45) is 11.7 Å². The highest BCUT2D eigenvalue weighted by Gasteiger charge is 2.38. The number of nitrogens with one attached hydrogen (secondary N) is 1. The zero-order chi connectivity index (χ0) is 26.9. The molecule has 1 amide bonds. The first-order chi connectivity index (χ1) is 17.5. The average Bonchev–Trinajstić information content (AvgIpc) is 3.67. The van der Waals surface area contributed by atoms with Crippen molar-refractivity contribution >= 4 is 49.9 Å². The minimum atomic E-state index is -4.69. The number of aryl methyl sites for hydroxylation is 1. The molecular weight excluding hydrogens is 617 g/mol. The van der Waals surface area contributed by atoms with Crippen molar-refractivity contribution in [2.75, 3.05) is 19.0 Å². The second kappa shape index (κ2) is 10.9. The van der Waals surface area contributed by atoms with Gasteiger partial charge in [-0.25, -0.2) is 17.2 Å². The van der Waals surface area contributed by atoms with Gasteiger partial charge in [-0.1, -0.05) is 6.07 Å². The predicted molar refractivity (Wildman–Crippen MR) is 143 cm³/mol. The summed E-state index contributed by atoms with van der Waals surface area (Å²) in [5.74, 6) is -4.90. The number of carbonyl (C=O) groups excluding carboxylic acids is 1. The molecule has 4 rings (SSSR count). The first-order valence-corrected chi connectivity index (χ1v) is 13.9. The van der Waals surface area contributed by atoms with Crippen molar-refractivity contribution in [1.82, 2.24) is 9.29 Å². The quantitative estimate of drug-likeness (QED) is 0.310. The van der Waals surface area contributed by atoms with Gasteiger partial charge in [-0.3, -0.25) is 9.78 Å². The Labute approximate surface area is 227 Å². The van der Waals surface area contributed by atoms with Gasteiger partial charge in [0, 0.05) is 22.5 Å². The van der Waals surface area contributed by atoms with Crippen LogP contribution in [0.2, 0.25) is 0 Å². The fraction of sp³-hybridized carbons (Fsp3) is 0.280. The number of sulfonamides is 1. The number of benzene rings is 2. The SMILES string of the molecule is Cc1cc(I)ccc1Nc1c(F)c(F)c(S(=O)(=O)N(C)Cc2ccccn2)c(OCC2CC2)c1C(N)=O. The van der Waals surface area contributed by atoms with Gasteiger partial charge >= 0.3 is 0 Å². The van der Waals surface area contributed by atoms with Crippen molar-refractivity contribution in [3.05, 3.63) is 74.6 Å². The van der Waals surface area contributed by atoms with Crippen LogP contribution in [-0.2, 0) is 16.6 Å². The number of ether oxygens (including phenoxy) is 1.